The molecule has 17 heavy (non-hydrogen) atoms. The summed E-state index contributed by atoms with van der Waals surface area (Å²) in [6.45, 7) is 0. The highest BCUT2D eigenvalue weighted by atomic mass is 79.9. The van der Waals surface area contributed by atoms with E-state index in [1.807, 2.05) is 17.8 Å². The molecule has 90 valence electrons. The molecular weight excluding hydrogens is 285 g/mol. The third-order valence-corrected chi connectivity index (χ3v) is 3.37. The lowest BCUT2D eigenvalue weighted by molar-refractivity contribution is 0.619. The summed E-state index contributed by atoms with van der Waals surface area (Å²) in [5.41, 5.74) is 6.98. The van der Waals surface area contributed by atoms with Crippen LogP contribution < -0.4 is 5.73 Å². The van der Waals surface area contributed by atoms with Crippen LogP contribution in [0.3, 0.4) is 0 Å². The second kappa shape index (κ2) is 4.98. The van der Waals surface area contributed by atoms with Gasteiger partial charge in [0.1, 0.15) is 11.6 Å². The zero-order valence-electron chi connectivity index (χ0n) is 9.40. The van der Waals surface area contributed by atoms with Crippen LogP contribution in [0.25, 0.3) is 0 Å². The van der Waals surface area contributed by atoms with Gasteiger partial charge < -0.3 is 10.3 Å². The SMILES string of the molecule is Cn1ccnc1CC(N)c1ccc(F)cc1Br. The minimum atomic E-state index is -0.273. The molecule has 2 aromatic rings. The van der Waals surface area contributed by atoms with E-state index < -0.39 is 0 Å². The smallest absolute Gasteiger partial charge is 0.124 e. The lowest BCUT2D eigenvalue weighted by Crippen LogP contribution is -2.16. The third kappa shape index (κ3) is 2.73. The predicted octanol–water partition coefficient (Wildman–Crippen LogP) is 2.56. The Hall–Kier alpha value is -1.20. The molecule has 0 radical (unpaired) electrons. The molecule has 0 aliphatic heterocycles. The first-order valence-corrected chi connectivity index (χ1v) is 6.04. The molecule has 0 spiro atoms. The highest BCUT2D eigenvalue weighted by molar-refractivity contribution is 9.10. The molecule has 0 aliphatic carbocycles. The van der Waals surface area contributed by atoms with Crippen LogP contribution >= 0.6 is 15.9 Å². The molecule has 0 aliphatic rings. The molecule has 0 amide bonds. The Bertz CT molecular complexity index is 524. The Kier molecular flexibility index (Phi) is 3.59. The summed E-state index contributed by atoms with van der Waals surface area (Å²) in [5, 5.41) is 0. The summed E-state index contributed by atoms with van der Waals surface area (Å²) < 4.78 is 15.6. The Morgan fingerprint density at radius 2 is 2.29 bits per heavy atom. The number of imidazole rings is 1. The minimum Gasteiger partial charge on any atom is -0.338 e. The summed E-state index contributed by atoms with van der Waals surface area (Å²) in [6.07, 6.45) is 4.23. The van der Waals surface area contributed by atoms with Crippen LogP contribution in [0.1, 0.15) is 17.4 Å². The van der Waals surface area contributed by atoms with Gasteiger partial charge >= 0.3 is 0 Å². The van der Waals surface area contributed by atoms with Crippen molar-refractivity contribution in [2.75, 3.05) is 0 Å². The van der Waals surface area contributed by atoms with E-state index in [0.717, 1.165) is 11.4 Å². The number of nitrogens with two attached hydrogens (primary N) is 1. The highest BCUT2D eigenvalue weighted by Crippen LogP contribution is 2.24. The van der Waals surface area contributed by atoms with Crippen LogP contribution in [0.2, 0.25) is 0 Å². The Balaban J connectivity index is 2.20. The van der Waals surface area contributed by atoms with Crippen LogP contribution in [0.4, 0.5) is 4.39 Å². The number of halogens is 2. The molecule has 3 nitrogen and oxygen atoms in total. The summed E-state index contributed by atoms with van der Waals surface area (Å²) in [6, 6.07) is 4.34. The second-order valence-electron chi connectivity index (χ2n) is 3.93. The van der Waals surface area contributed by atoms with Gasteiger partial charge in [0, 0.05) is 36.4 Å². The van der Waals surface area contributed by atoms with E-state index in [1.165, 1.54) is 12.1 Å². The monoisotopic (exact) mass is 297 g/mol. The van der Waals surface area contributed by atoms with E-state index in [9.17, 15) is 4.39 Å². The van der Waals surface area contributed by atoms with Gasteiger partial charge in [0.15, 0.2) is 0 Å². The summed E-state index contributed by atoms with van der Waals surface area (Å²) in [4.78, 5) is 4.22. The Labute approximate surface area is 108 Å². The number of hydrogen-bond donors (Lipinski definition) is 1. The number of benzene rings is 1. The maximum atomic E-state index is 13.0. The zero-order chi connectivity index (χ0) is 12.4. The number of rotatable bonds is 3. The fraction of sp³-hybridized carbons (Fsp3) is 0.250. The molecule has 0 saturated carbocycles. The number of nitrogens with zero attached hydrogens (tertiary/aromatic N) is 2. The minimum absolute atomic E-state index is 0.203. The van der Waals surface area contributed by atoms with Crippen molar-refractivity contribution < 1.29 is 4.39 Å². The van der Waals surface area contributed by atoms with Crippen molar-refractivity contribution in [2.24, 2.45) is 12.8 Å². The molecule has 1 atom stereocenters. The molecule has 0 saturated heterocycles. The summed E-state index contributed by atoms with van der Waals surface area (Å²) in [7, 11) is 1.93. The van der Waals surface area contributed by atoms with Gasteiger partial charge in [-0.05, 0) is 17.7 Å². The highest BCUT2D eigenvalue weighted by Gasteiger charge is 2.13. The van der Waals surface area contributed by atoms with Crippen molar-refractivity contribution in [3.05, 3.63) is 52.3 Å². The van der Waals surface area contributed by atoms with Crippen LogP contribution in [0.15, 0.2) is 35.1 Å². The number of aryl methyl sites for hydroxylation is 1. The molecule has 1 heterocycles. The topological polar surface area (TPSA) is 43.8 Å². The van der Waals surface area contributed by atoms with Gasteiger partial charge in [-0.3, -0.25) is 0 Å². The van der Waals surface area contributed by atoms with Crippen LogP contribution in [0, 0.1) is 5.82 Å². The maximum absolute atomic E-state index is 13.0. The van der Waals surface area contributed by atoms with E-state index in [-0.39, 0.29) is 11.9 Å². The van der Waals surface area contributed by atoms with Crippen molar-refractivity contribution in [1.82, 2.24) is 9.55 Å². The van der Waals surface area contributed by atoms with Crippen molar-refractivity contribution in [2.45, 2.75) is 12.5 Å². The van der Waals surface area contributed by atoms with Crippen molar-refractivity contribution >= 4 is 15.9 Å². The second-order valence-corrected chi connectivity index (χ2v) is 4.79. The average Bonchev–Trinajstić information content (AvgIpc) is 2.64. The van der Waals surface area contributed by atoms with E-state index in [0.29, 0.717) is 10.9 Å². The van der Waals surface area contributed by atoms with Crippen LogP contribution in [-0.4, -0.2) is 9.55 Å². The molecule has 1 aromatic carbocycles. The van der Waals surface area contributed by atoms with Gasteiger partial charge in [-0.1, -0.05) is 22.0 Å². The molecule has 2 rings (SSSR count). The fourth-order valence-electron chi connectivity index (χ4n) is 1.70. The first-order chi connectivity index (χ1) is 8.08. The van der Waals surface area contributed by atoms with Gasteiger partial charge in [0.05, 0.1) is 0 Å². The first kappa shape index (κ1) is 12.3. The summed E-state index contributed by atoms with van der Waals surface area (Å²) in [5.74, 6) is 0.638. The lowest BCUT2D eigenvalue weighted by atomic mass is 10.0. The van der Waals surface area contributed by atoms with Gasteiger partial charge in [0.2, 0.25) is 0 Å². The first-order valence-electron chi connectivity index (χ1n) is 5.24. The van der Waals surface area contributed by atoms with E-state index in [4.69, 9.17) is 5.73 Å². The number of hydrogen-bond acceptors (Lipinski definition) is 2. The zero-order valence-corrected chi connectivity index (χ0v) is 11.0. The quantitative estimate of drug-likeness (QED) is 0.946. The summed E-state index contributed by atoms with van der Waals surface area (Å²) >= 11 is 3.32. The number of aromatic nitrogens is 2. The average molecular weight is 298 g/mol. The third-order valence-electron chi connectivity index (χ3n) is 2.69. The van der Waals surface area contributed by atoms with Gasteiger partial charge in [-0.2, -0.15) is 0 Å². The molecule has 1 aromatic heterocycles. The largest absolute Gasteiger partial charge is 0.338 e. The predicted molar refractivity (Wildman–Crippen MR) is 67.9 cm³/mol. The van der Waals surface area contributed by atoms with E-state index in [2.05, 4.69) is 20.9 Å². The fourth-order valence-corrected chi connectivity index (χ4v) is 2.35. The van der Waals surface area contributed by atoms with Gasteiger partial charge in [-0.25, -0.2) is 9.37 Å². The normalized spacial score (nSPS) is 12.7. The molecule has 0 fully saturated rings. The van der Waals surface area contributed by atoms with Crippen molar-refractivity contribution in [3.8, 4) is 0 Å². The molecule has 5 heteroatoms. The Morgan fingerprint density at radius 3 is 2.88 bits per heavy atom. The van der Waals surface area contributed by atoms with Gasteiger partial charge in [0.25, 0.3) is 0 Å². The van der Waals surface area contributed by atoms with Crippen molar-refractivity contribution in [3.63, 3.8) is 0 Å². The molecule has 1 unspecified atom stereocenters. The van der Waals surface area contributed by atoms with Crippen LogP contribution in [-0.2, 0) is 13.5 Å². The van der Waals surface area contributed by atoms with Gasteiger partial charge in [-0.15, -0.1) is 0 Å². The molecular formula is C12H13BrFN3. The standard InChI is InChI=1S/C12H13BrFN3/c1-17-5-4-16-12(17)7-11(15)9-3-2-8(14)6-10(9)13/h2-6,11H,7,15H2,1H3. The Morgan fingerprint density at radius 1 is 1.53 bits per heavy atom. The van der Waals surface area contributed by atoms with E-state index >= 15 is 0 Å². The van der Waals surface area contributed by atoms with Crippen LogP contribution in [0.5, 0.6) is 0 Å². The van der Waals surface area contributed by atoms with E-state index in [1.54, 1.807) is 12.3 Å². The lowest BCUT2D eigenvalue weighted by Gasteiger charge is -2.13. The molecule has 0 bridgehead atoms. The maximum Gasteiger partial charge on any atom is 0.124 e. The van der Waals surface area contributed by atoms with Crippen molar-refractivity contribution in [1.29, 1.82) is 0 Å². The molecule has 2 N–H and O–H groups in total.